The summed E-state index contributed by atoms with van der Waals surface area (Å²) in [4.78, 5) is 4.62. The Morgan fingerprint density at radius 2 is 1.84 bits per heavy atom. The van der Waals surface area contributed by atoms with Gasteiger partial charge in [0.1, 0.15) is 5.82 Å². The number of benzene rings is 2. The molecule has 6 heteroatoms. The smallest absolute Gasteiger partial charge is 0.183 e. The number of halogens is 1. The maximum Gasteiger partial charge on any atom is 0.183 e. The van der Waals surface area contributed by atoms with E-state index in [9.17, 15) is 4.39 Å². The number of rotatable bonds is 4. The highest BCUT2D eigenvalue weighted by atomic mass is 32.1. The molecule has 0 unspecified atom stereocenters. The zero-order chi connectivity index (χ0) is 17.1. The highest BCUT2D eigenvalue weighted by Crippen LogP contribution is 2.35. The molecule has 1 aliphatic rings. The number of nitrogens with one attached hydrogen (secondary N) is 1. The van der Waals surface area contributed by atoms with E-state index in [-0.39, 0.29) is 5.82 Å². The first-order valence-corrected chi connectivity index (χ1v) is 9.00. The molecule has 3 aromatic rings. The fraction of sp³-hybridized carbons (Fsp3) is 0.211. The SMILES string of the molecule is Fc1ccc(CNc2nc(-c3ccc4c(c3)OCCCO4)cs2)cc1. The molecule has 0 radical (unpaired) electrons. The minimum Gasteiger partial charge on any atom is -0.490 e. The van der Waals surface area contributed by atoms with Gasteiger partial charge in [0.15, 0.2) is 16.6 Å². The van der Waals surface area contributed by atoms with E-state index < -0.39 is 0 Å². The summed E-state index contributed by atoms with van der Waals surface area (Å²) >= 11 is 1.54. The maximum atomic E-state index is 12.9. The van der Waals surface area contributed by atoms with E-state index in [1.165, 1.54) is 23.5 Å². The number of nitrogens with zero attached hydrogens (tertiary/aromatic N) is 1. The van der Waals surface area contributed by atoms with Crippen LogP contribution in [-0.2, 0) is 6.54 Å². The Morgan fingerprint density at radius 1 is 1.04 bits per heavy atom. The van der Waals surface area contributed by atoms with Crippen LogP contribution in [-0.4, -0.2) is 18.2 Å². The van der Waals surface area contributed by atoms with Crippen LogP contribution < -0.4 is 14.8 Å². The maximum absolute atomic E-state index is 12.9. The molecule has 1 N–H and O–H groups in total. The molecule has 0 amide bonds. The van der Waals surface area contributed by atoms with E-state index in [0.717, 1.165) is 39.9 Å². The molecule has 128 valence electrons. The van der Waals surface area contributed by atoms with Crippen LogP contribution in [0.4, 0.5) is 9.52 Å². The second kappa shape index (κ2) is 7.11. The van der Waals surface area contributed by atoms with Gasteiger partial charge in [-0.3, -0.25) is 0 Å². The van der Waals surface area contributed by atoms with Crippen LogP contribution in [0.1, 0.15) is 12.0 Å². The second-order valence-corrected chi connectivity index (χ2v) is 6.59. The summed E-state index contributed by atoms with van der Waals surface area (Å²) in [6, 6.07) is 12.3. The normalized spacial score (nSPS) is 13.3. The van der Waals surface area contributed by atoms with Crippen molar-refractivity contribution in [3.8, 4) is 22.8 Å². The standard InChI is InChI=1S/C19H17FN2O2S/c20-15-5-2-13(3-6-15)11-21-19-22-16(12-25-19)14-4-7-17-18(10-14)24-9-1-8-23-17/h2-7,10,12H,1,8-9,11H2,(H,21,22). The van der Waals surface area contributed by atoms with Crippen molar-refractivity contribution in [3.05, 3.63) is 59.2 Å². The molecule has 0 atom stereocenters. The number of aromatic nitrogens is 1. The minimum atomic E-state index is -0.227. The summed E-state index contributed by atoms with van der Waals surface area (Å²) in [6.45, 7) is 1.95. The third-order valence-electron chi connectivity index (χ3n) is 3.90. The molecule has 0 spiro atoms. The zero-order valence-electron chi connectivity index (χ0n) is 13.5. The van der Waals surface area contributed by atoms with Crippen LogP contribution >= 0.6 is 11.3 Å². The average Bonchev–Trinajstić information content (AvgIpc) is 2.98. The molecule has 0 fully saturated rings. The van der Waals surface area contributed by atoms with E-state index in [1.807, 2.05) is 23.6 Å². The number of thiazole rings is 1. The largest absolute Gasteiger partial charge is 0.490 e. The van der Waals surface area contributed by atoms with Gasteiger partial charge in [-0.15, -0.1) is 11.3 Å². The Bertz CT molecular complexity index is 864. The minimum absolute atomic E-state index is 0.227. The van der Waals surface area contributed by atoms with Crippen LogP contribution in [0.25, 0.3) is 11.3 Å². The molecule has 4 rings (SSSR count). The van der Waals surface area contributed by atoms with Gasteiger partial charge in [0.2, 0.25) is 0 Å². The van der Waals surface area contributed by atoms with Gasteiger partial charge in [-0.2, -0.15) is 0 Å². The number of hydrogen-bond acceptors (Lipinski definition) is 5. The lowest BCUT2D eigenvalue weighted by Gasteiger charge is -2.08. The zero-order valence-corrected chi connectivity index (χ0v) is 14.3. The molecule has 1 aromatic heterocycles. The van der Waals surface area contributed by atoms with Crippen LogP contribution in [0.2, 0.25) is 0 Å². The molecule has 2 heterocycles. The van der Waals surface area contributed by atoms with Gasteiger partial charge in [0, 0.05) is 23.9 Å². The Labute approximate surface area is 149 Å². The summed E-state index contributed by atoms with van der Waals surface area (Å²) in [6.07, 6.45) is 0.887. The Morgan fingerprint density at radius 3 is 2.68 bits per heavy atom. The molecule has 1 aliphatic heterocycles. The van der Waals surface area contributed by atoms with Crippen molar-refractivity contribution < 1.29 is 13.9 Å². The molecule has 25 heavy (non-hydrogen) atoms. The van der Waals surface area contributed by atoms with Gasteiger partial charge in [-0.1, -0.05) is 12.1 Å². The average molecular weight is 356 g/mol. The quantitative estimate of drug-likeness (QED) is 0.734. The highest BCUT2D eigenvalue weighted by Gasteiger charge is 2.13. The van der Waals surface area contributed by atoms with Gasteiger partial charge in [-0.25, -0.2) is 9.37 Å². The molecular formula is C19H17FN2O2S. The third kappa shape index (κ3) is 3.74. The first-order chi connectivity index (χ1) is 12.3. The van der Waals surface area contributed by atoms with Crippen molar-refractivity contribution in [2.75, 3.05) is 18.5 Å². The van der Waals surface area contributed by atoms with Crippen molar-refractivity contribution in [3.63, 3.8) is 0 Å². The monoisotopic (exact) mass is 356 g/mol. The lowest BCUT2D eigenvalue weighted by Crippen LogP contribution is -1.98. The predicted octanol–water partition coefficient (Wildman–Crippen LogP) is 4.72. The van der Waals surface area contributed by atoms with Gasteiger partial charge < -0.3 is 14.8 Å². The Balaban J connectivity index is 1.47. The van der Waals surface area contributed by atoms with E-state index in [0.29, 0.717) is 19.8 Å². The van der Waals surface area contributed by atoms with E-state index in [2.05, 4.69) is 10.3 Å². The molecule has 0 aliphatic carbocycles. The van der Waals surface area contributed by atoms with E-state index in [1.54, 1.807) is 12.1 Å². The molecule has 0 saturated carbocycles. The van der Waals surface area contributed by atoms with Crippen molar-refractivity contribution >= 4 is 16.5 Å². The second-order valence-electron chi connectivity index (χ2n) is 5.73. The summed E-state index contributed by atoms with van der Waals surface area (Å²) in [5.41, 5.74) is 2.89. The number of ether oxygens (including phenoxy) is 2. The van der Waals surface area contributed by atoms with Crippen LogP contribution in [0.15, 0.2) is 47.8 Å². The van der Waals surface area contributed by atoms with Gasteiger partial charge in [0.25, 0.3) is 0 Å². The molecule has 2 aromatic carbocycles. The van der Waals surface area contributed by atoms with Crippen molar-refractivity contribution in [2.45, 2.75) is 13.0 Å². The first-order valence-electron chi connectivity index (χ1n) is 8.12. The highest BCUT2D eigenvalue weighted by molar-refractivity contribution is 7.14. The van der Waals surface area contributed by atoms with Crippen molar-refractivity contribution in [2.24, 2.45) is 0 Å². The number of anilines is 1. The van der Waals surface area contributed by atoms with E-state index >= 15 is 0 Å². The van der Waals surface area contributed by atoms with Crippen LogP contribution in [0.3, 0.4) is 0 Å². The summed E-state index contributed by atoms with van der Waals surface area (Å²) < 4.78 is 24.3. The van der Waals surface area contributed by atoms with Gasteiger partial charge in [0.05, 0.1) is 18.9 Å². The fourth-order valence-corrected chi connectivity index (χ4v) is 3.31. The summed E-state index contributed by atoms with van der Waals surface area (Å²) in [5, 5.41) is 6.10. The Hall–Kier alpha value is -2.60. The van der Waals surface area contributed by atoms with Crippen LogP contribution in [0, 0.1) is 5.82 Å². The molecule has 0 bridgehead atoms. The van der Waals surface area contributed by atoms with Crippen LogP contribution in [0.5, 0.6) is 11.5 Å². The molecule has 4 nitrogen and oxygen atoms in total. The number of hydrogen-bond donors (Lipinski definition) is 1. The number of fused-ring (bicyclic) bond motifs is 1. The lowest BCUT2D eigenvalue weighted by atomic mass is 10.1. The summed E-state index contributed by atoms with van der Waals surface area (Å²) in [7, 11) is 0. The van der Waals surface area contributed by atoms with Gasteiger partial charge >= 0.3 is 0 Å². The topological polar surface area (TPSA) is 43.4 Å². The third-order valence-corrected chi connectivity index (χ3v) is 4.70. The van der Waals surface area contributed by atoms with E-state index in [4.69, 9.17) is 9.47 Å². The fourth-order valence-electron chi connectivity index (χ4n) is 2.59. The molecule has 0 saturated heterocycles. The Kier molecular flexibility index (Phi) is 4.52. The van der Waals surface area contributed by atoms with Crippen molar-refractivity contribution in [1.29, 1.82) is 0 Å². The first kappa shape index (κ1) is 15.9. The van der Waals surface area contributed by atoms with Crippen molar-refractivity contribution in [1.82, 2.24) is 4.98 Å². The van der Waals surface area contributed by atoms with Gasteiger partial charge in [-0.05, 0) is 35.9 Å². The predicted molar refractivity (Wildman–Crippen MR) is 96.9 cm³/mol. The summed E-state index contributed by atoms with van der Waals surface area (Å²) in [5.74, 6) is 1.32. The lowest BCUT2D eigenvalue weighted by molar-refractivity contribution is 0.297. The molecular weight excluding hydrogens is 339 g/mol.